The summed E-state index contributed by atoms with van der Waals surface area (Å²) in [4.78, 5) is 30.2. The van der Waals surface area contributed by atoms with E-state index in [0.717, 1.165) is 5.69 Å². The molecule has 1 aliphatic rings. The number of aromatic nitrogens is 1. The summed E-state index contributed by atoms with van der Waals surface area (Å²) in [6, 6.07) is 11.6. The number of amides is 2. The van der Waals surface area contributed by atoms with Crippen LogP contribution in [0, 0.1) is 11.7 Å². The second-order valence-electron chi connectivity index (χ2n) is 6.07. The van der Waals surface area contributed by atoms with Crippen molar-refractivity contribution in [1.29, 1.82) is 0 Å². The van der Waals surface area contributed by atoms with Gasteiger partial charge >= 0.3 is 0 Å². The molecule has 1 aliphatic heterocycles. The molecule has 2 heterocycles. The molecule has 1 aromatic carbocycles. The molecule has 2 amide bonds. The van der Waals surface area contributed by atoms with Gasteiger partial charge in [-0.1, -0.05) is 18.2 Å². The van der Waals surface area contributed by atoms with Crippen LogP contribution in [0.4, 0.5) is 4.39 Å². The van der Waals surface area contributed by atoms with E-state index in [2.05, 4.69) is 10.3 Å². The molecular weight excluding hydrogens is 337 g/mol. The molecule has 1 saturated heterocycles. The van der Waals surface area contributed by atoms with Gasteiger partial charge in [-0.2, -0.15) is 0 Å². The van der Waals surface area contributed by atoms with Crippen molar-refractivity contribution in [2.75, 3.05) is 19.7 Å². The summed E-state index contributed by atoms with van der Waals surface area (Å²) < 4.78 is 18.7. The van der Waals surface area contributed by atoms with E-state index in [1.807, 2.05) is 18.2 Å². The average Bonchev–Trinajstić information content (AvgIpc) is 3.01. The van der Waals surface area contributed by atoms with Crippen LogP contribution in [0.3, 0.4) is 0 Å². The van der Waals surface area contributed by atoms with Crippen molar-refractivity contribution in [3.8, 4) is 5.75 Å². The second-order valence-corrected chi connectivity index (χ2v) is 6.07. The summed E-state index contributed by atoms with van der Waals surface area (Å²) in [5.41, 5.74) is 0.792. The van der Waals surface area contributed by atoms with Crippen LogP contribution in [-0.2, 0) is 16.1 Å². The number of hydrogen-bond donors (Lipinski definition) is 1. The largest absolute Gasteiger partial charge is 0.489 e. The second kappa shape index (κ2) is 8.42. The highest BCUT2D eigenvalue weighted by molar-refractivity contribution is 5.89. The molecule has 26 heavy (non-hydrogen) atoms. The van der Waals surface area contributed by atoms with Crippen molar-refractivity contribution in [1.82, 2.24) is 15.2 Å². The summed E-state index contributed by atoms with van der Waals surface area (Å²) in [6.45, 7) is 1.18. The number of carbonyl (C=O) groups excluding carboxylic acids is 2. The maximum absolute atomic E-state index is 13.4. The molecule has 0 saturated carbocycles. The fourth-order valence-electron chi connectivity index (χ4n) is 2.83. The number of carbonyl (C=O) groups is 2. The number of nitrogens with zero attached hydrogens (tertiary/aromatic N) is 2. The number of halogens is 1. The van der Waals surface area contributed by atoms with Crippen molar-refractivity contribution in [2.24, 2.45) is 5.92 Å². The number of benzene rings is 1. The quantitative estimate of drug-likeness (QED) is 0.767. The minimum absolute atomic E-state index is 0.0570. The van der Waals surface area contributed by atoms with Gasteiger partial charge in [-0.15, -0.1) is 0 Å². The first kappa shape index (κ1) is 17.8. The van der Waals surface area contributed by atoms with Gasteiger partial charge in [0.1, 0.15) is 6.61 Å². The van der Waals surface area contributed by atoms with E-state index in [1.54, 1.807) is 23.2 Å². The van der Waals surface area contributed by atoms with Crippen molar-refractivity contribution < 1.29 is 18.7 Å². The molecule has 3 rings (SSSR count). The van der Waals surface area contributed by atoms with Crippen molar-refractivity contribution in [3.05, 3.63) is 60.2 Å². The highest BCUT2D eigenvalue weighted by Gasteiger charge is 2.34. The Kier molecular flexibility index (Phi) is 5.78. The van der Waals surface area contributed by atoms with Crippen molar-refractivity contribution in [2.45, 2.75) is 13.0 Å². The summed E-state index contributed by atoms with van der Waals surface area (Å²) in [5, 5.41) is 2.74. The van der Waals surface area contributed by atoms with E-state index in [0.29, 0.717) is 13.1 Å². The molecule has 1 atom stereocenters. The number of nitrogens with one attached hydrogen (secondary N) is 1. The van der Waals surface area contributed by atoms with Crippen molar-refractivity contribution in [3.63, 3.8) is 0 Å². The average molecular weight is 357 g/mol. The molecule has 0 unspecified atom stereocenters. The number of likely N-dealkylation sites (tertiary alicyclic amines) is 1. The zero-order valence-electron chi connectivity index (χ0n) is 14.2. The maximum Gasteiger partial charge on any atom is 0.225 e. The molecule has 2 aromatic rings. The van der Waals surface area contributed by atoms with E-state index >= 15 is 0 Å². The van der Waals surface area contributed by atoms with Gasteiger partial charge in [-0.05, 0) is 24.3 Å². The predicted octanol–water partition coefficient (Wildman–Crippen LogP) is 1.76. The van der Waals surface area contributed by atoms with E-state index in [4.69, 9.17) is 4.74 Å². The zero-order valence-corrected chi connectivity index (χ0v) is 14.2. The number of rotatable bonds is 7. The van der Waals surface area contributed by atoms with Crippen LogP contribution in [0.25, 0.3) is 0 Å². The van der Waals surface area contributed by atoms with Crippen LogP contribution in [0.5, 0.6) is 5.75 Å². The van der Waals surface area contributed by atoms with Crippen LogP contribution in [0.1, 0.15) is 12.1 Å². The maximum atomic E-state index is 13.4. The first-order chi connectivity index (χ1) is 12.6. The van der Waals surface area contributed by atoms with Crippen LogP contribution >= 0.6 is 0 Å². The zero-order chi connectivity index (χ0) is 18.4. The van der Waals surface area contributed by atoms with Crippen molar-refractivity contribution >= 4 is 11.8 Å². The molecule has 136 valence electrons. The number of hydrogen-bond acceptors (Lipinski definition) is 4. The van der Waals surface area contributed by atoms with Gasteiger partial charge in [0.2, 0.25) is 11.8 Å². The normalized spacial score (nSPS) is 16.6. The number of ether oxygens (including phenoxy) is 1. The Bertz CT molecular complexity index is 770. The Balaban J connectivity index is 1.42. The lowest BCUT2D eigenvalue weighted by atomic mass is 10.1. The summed E-state index contributed by atoms with van der Waals surface area (Å²) >= 11 is 0. The van der Waals surface area contributed by atoms with Gasteiger partial charge < -0.3 is 15.0 Å². The molecule has 6 nitrogen and oxygen atoms in total. The predicted molar refractivity (Wildman–Crippen MR) is 92.7 cm³/mol. The molecule has 0 radical (unpaired) electrons. The first-order valence-electron chi connectivity index (χ1n) is 8.46. The molecular formula is C19H20FN3O3. The monoisotopic (exact) mass is 357 g/mol. The summed E-state index contributed by atoms with van der Waals surface area (Å²) in [7, 11) is 0. The molecule has 0 bridgehead atoms. The topological polar surface area (TPSA) is 71.5 Å². The standard InChI is InChI=1S/C19H20FN3O3/c20-16-6-1-2-7-17(16)26-10-9-22-19(25)14-11-18(24)23(12-14)13-15-5-3-4-8-21-15/h1-8,14H,9-13H2,(H,22,25)/t14-/m0/s1. The third kappa shape index (κ3) is 4.56. The Morgan fingerprint density at radius 3 is 2.85 bits per heavy atom. The van der Waals surface area contributed by atoms with Gasteiger partial charge in [0.25, 0.3) is 0 Å². The molecule has 0 aliphatic carbocycles. The van der Waals surface area contributed by atoms with E-state index in [-0.39, 0.29) is 43.1 Å². The molecule has 1 fully saturated rings. The van der Waals surface area contributed by atoms with Gasteiger partial charge in [-0.25, -0.2) is 4.39 Å². The highest BCUT2D eigenvalue weighted by Crippen LogP contribution is 2.20. The van der Waals surface area contributed by atoms with E-state index in [9.17, 15) is 14.0 Å². The minimum Gasteiger partial charge on any atom is -0.489 e. The van der Waals surface area contributed by atoms with Gasteiger partial charge in [0.05, 0.1) is 24.7 Å². The van der Waals surface area contributed by atoms with E-state index < -0.39 is 5.82 Å². The highest BCUT2D eigenvalue weighted by atomic mass is 19.1. The SMILES string of the molecule is O=C(NCCOc1ccccc1F)[C@H]1CC(=O)N(Cc2ccccn2)C1. The first-order valence-corrected chi connectivity index (χ1v) is 8.46. The Hall–Kier alpha value is -2.96. The Morgan fingerprint density at radius 1 is 1.27 bits per heavy atom. The lowest BCUT2D eigenvalue weighted by Gasteiger charge is -2.16. The number of pyridine rings is 1. The lowest BCUT2D eigenvalue weighted by Crippen LogP contribution is -2.35. The Morgan fingerprint density at radius 2 is 2.08 bits per heavy atom. The van der Waals surface area contributed by atoms with Crippen LogP contribution < -0.4 is 10.1 Å². The third-order valence-electron chi connectivity index (χ3n) is 4.16. The van der Waals surface area contributed by atoms with Crippen LogP contribution in [-0.4, -0.2) is 41.4 Å². The summed E-state index contributed by atoms with van der Waals surface area (Å²) in [5.74, 6) is -0.929. The molecule has 0 spiro atoms. The molecule has 1 aromatic heterocycles. The summed E-state index contributed by atoms with van der Waals surface area (Å²) in [6.07, 6.45) is 1.86. The van der Waals surface area contributed by atoms with Gasteiger partial charge in [0.15, 0.2) is 11.6 Å². The van der Waals surface area contributed by atoms with Gasteiger partial charge in [-0.3, -0.25) is 14.6 Å². The van der Waals surface area contributed by atoms with E-state index in [1.165, 1.54) is 12.1 Å². The fraction of sp³-hybridized carbons (Fsp3) is 0.316. The fourth-order valence-corrected chi connectivity index (χ4v) is 2.83. The molecule has 7 heteroatoms. The molecule has 1 N–H and O–H groups in total. The lowest BCUT2D eigenvalue weighted by molar-refractivity contribution is -0.129. The third-order valence-corrected chi connectivity index (χ3v) is 4.16. The Labute approximate surface area is 151 Å². The van der Waals surface area contributed by atoms with Crippen LogP contribution in [0.15, 0.2) is 48.7 Å². The minimum atomic E-state index is -0.439. The smallest absolute Gasteiger partial charge is 0.225 e. The number of para-hydroxylation sites is 1. The van der Waals surface area contributed by atoms with Crippen LogP contribution in [0.2, 0.25) is 0 Å². The van der Waals surface area contributed by atoms with Gasteiger partial charge in [0, 0.05) is 19.2 Å².